The van der Waals surface area contributed by atoms with Crippen LogP contribution in [0.4, 0.5) is 8.78 Å². The number of nitrogens with one attached hydrogen (secondary N) is 1. The highest BCUT2D eigenvalue weighted by Crippen LogP contribution is 2.21. The van der Waals surface area contributed by atoms with Crippen LogP contribution in [0.2, 0.25) is 0 Å². The lowest BCUT2D eigenvalue weighted by Gasteiger charge is -2.15. The molecule has 0 spiro atoms. The van der Waals surface area contributed by atoms with Crippen molar-refractivity contribution in [1.29, 1.82) is 0 Å². The number of ether oxygens (including phenoxy) is 2. The van der Waals surface area contributed by atoms with Crippen LogP contribution >= 0.6 is 0 Å². The van der Waals surface area contributed by atoms with Gasteiger partial charge in [0.15, 0.2) is 0 Å². The molecule has 0 aliphatic rings. The molecule has 0 bridgehead atoms. The van der Waals surface area contributed by atoms with Crippen molar-refractivity contribution < 1.29 is 27.8 Å². The first-order valence-electron chi connectivity index (χ1n) is 9.06. The lowest BCUT2D eigenvalue weighted by Crippen LogP contribution is -2.31. The third-order valence-electron chi connectivity index (χ3n) is 3.99. The van der Waals surface area contributed by atoms with Gasteiger partial charge in [0.1, 0.15) is 30.0 Å². The number of benzene rings is 2. The maximum atomic E-state index is 13.7. The quantitative estimate of drug-likeness (QED) is 0.515. The number of esters is 1. The lowest BCUT2D eigenvalue weighted by molar-refractivity contribution is -0.147. The zero-order valence-corrected chi connectivity index (χ0v) is 15.8. The minimum Gasteiger partial charge on any atom is -0.494 e. The minimum atomic E-state index is -0.912. The van der Waals surface area contributed by atoms with Gasteiger partial charge in [-0.15, -0.1) is 0 Å². The molecule has 0 saturated heterocycles. The molecular formula is C21H23F2NO4. The first kappa shape index (κ1) is 21.3. The van der Waals surface area contributed by atoms with Gasteiger partial charge in [0.05, 0.1) is 6.61 Å². The lowest BCUT2D eigenvalue weighted by atomic mass is 10.1. The van der Waals surface area contributed by atoms with E-state index >= 15 is 0 Å². The number of unbranched alkanes of at least 4 members (excludes halogenated alkanes) is 1. The number of carbonyl (C=O) groups is 2. The number of halogens is 2. The van der Waals surface area contributed by atoms with Crippen LogP contribution in [0.3, 0.4) is 0 Å². The molecule has 1 unspecified atom stereocenters. The van der Waals surface area contributed by atoms with Gasteiger partial charge in [0.25, 0.3) is 5.91 Å². The Balaban J connectivity index is 1.82. The van der Waals surface area contributed by atoms with Gasteiger partial charge in [-0.2, -0.15) is 0 Å². The predicted molar refractivity (Wildman–Crippen MR) is 100 cm³/mol. The summed E-state index contributed by atoms with van der Waals surface area (Å²) < 4.78 is 37.3. The summed E-state index contributed by atoms with van der Waals surface area (Å²) >= 11 is 0. The largest absolute Gasteiger partial charge is 0.494 e. The fourth-order valence-electron chi connectivity index (χ4n) is 2.42. The standard InChI is InChI=1S/C21H23F2NO4/c1-3-4-11-27-17-8-5-15(6-9-17)21(26)24-13-20(25)28-14(2)18-10-7-16(22)12-19(18)23/h5-10,12,14H,3-4,11,13H2,1-2H3,(H,24,26). The second-order valence-electron chi connectivity index (χ2n) is 6.21. The Morgan fingerprint density at radius 2 is 1.82 bits per heavy atom. The third kappa shape index (κ3) is 6.33. The molecule has 0 aliphatic carbocycles. The number of amides is 1. The van der Waals surface area contributed by atoms with Crippen molar-refractivity contribution >= 4 is 11.9 Å². The van der Waals surface area contributed by atoms with Crippen LogP contribution in [0.25, 0.3) is 0 Å². The fourth-order valence-corrected chi connectivity index (χ4v) is 2.42. The highest BCUT2D eigenvalue weighted by molar-refractivity contribution is 5.96. The van der Waals surface area contributed by atoms with Crippen LogP contribution in [0.15, 0.2) is 42.5 Å². The maximum Gasteiger partial charge on any atom is 0.326 e. The summed E-state index contributed by atoms with van der Waals surface area (Å²) in [5.74, 6) is -2.03. The van der Waals surface area contributed by atoms with E-state index in [1.165, 1.54) is 13.0 Å². The normalized spacial score (nSPS) is 11.6. The molecule has 1 amide bonds. The monoisotopic (exact) mass is 391 g/mol. The molecule has 7 heteroatoms. The molecule has 0 aromatic heterocycles. The molecule has 5 nitrogen and oxygen atoms in total. The highest BCUT2D eigenvalue weighted by Gasteiger charge is 2.17. The van der Waals surface area contributed by atoms with Crippen molar-refractivity contribution in [3.05, 3.63) is 65.2 Å². The van der Waals surface area contributed by atoms with Gasteiger partial charge in [0.2, 0.25) is 0 Å². The molecule has 28 heavy (non-hydrogen) atoms. The van der Waals surface area contributed by atoms with Gasteiger partial charge in [0, 0.05) is 17.2 Å². The average Bonchev–Trinajstić information content (AvgIpc) is 2.66. The van der Waals surface area contributed by atoms with Crippen LogP contribution in [0, 0.1) is 11.6 Å². The van der Waals surface area contributed by atoms with Crippen molar-refractivity contribution in [2.24, 2.45) is 0 Å². The molecule has 0 heterocycles. The molecule has 150 valence electrons. The van der Waals surface area contributed by atoms with Crippen LogP contribution in [-0.2, 0) is 9.53 Å². The highest BCUT2D eigenvalue weighted by atomic mass is 19.1. The maximum absolute atomic E-state index is 13.7. The van der Waals surface area contributed by atoms with Gasteiger partial charge < -0.3 is 14.8 Å². The summed E-state index contributed by atoms with van der Waals surface area (Å²) in [6.45, 7) is 3.77. The summed E-state index contributed by atoms with van der Waals surface area (Å²) in [6.07, 6.45) is 1.07. The van der Waals surface area contributed by atoms with E-state index < -0.39 is 29.6 Å². The molecule has 1 N–H and O–H groups in total. The summed E-state index contributed by atoms with van der Waals surface area (Å²) in [7, 11) is 0. The molecule has 0 fully saturated rings. The first-order valence-corrected chi connectivity index (χ1v) is 9.06. The molecule has 2 aromatic carbocycles. The van der Waals surface area contributed by atoms with Gasteiger partial charge in [-0.1, -0.05) is 13.3 Å². The summed E-state index contributed by atoms with van der Waals surface area (Å²) in [5, 5.41) is 2.44. The number of carbonyl (C=O) groups excluding carboxylic acids is 2. The van der Waals surface area contributed by atoms with Gasteiger partial charge in [-0.25, -0.2) is 8.78 Å². The summed E-state index contributed by atoms with van der Waals surface area (Å²) in [4.78, 5) is 24.0. The second-order valence-corrected chi connectivity index (χ2v) is 6.21. The minimum absolute atomic E-state index is 0.0553. The van der Waals surface area contributed by atoms with Crippen molar-refractivity contribution in [3.8, 4) is 5.75 Å². The van der Waals surface area contributed by atoms with E-state index in [9.17, 15) is 18.4 Å². The molecule has 0 saturated carbocycles. The van der Waals surface area contributed by atoms with E-state index in [1.807, 2.05) is 0 Å². The Bertz CT molecular complexity index is 809. The first-order chi connectivity index (χ1) is 13.4. The van der Waals surface area contributed by atoms with Crippen molar-refractivity contribution in [2.75, 3.05) is 13.2 Å². The molecule has 0 radical (unpaired) electrons. The van der Waals surface area contributed by atoms with E-state index in [2.05, 4.69) is 12.2 Å². The average molecular weight is 391 g/mol. The molecule has 1 atom stereocenters. The fraction of sp³-hybridized carbons (Fsp3) is 0.333. The third-order valence-corrected chi connectivity index (χ3v) is 3.99. The molecule has 2 aromatic rings. The zero-order chi connectivity index (χ0) is 20.5. The second kappa shape index (κ2) is 10.4. The predicted octanol–water partition coefficient (Wildman–Crippen LogP) is 4.18. The Morgan fingerprint density at radius 1 is 1.11 bits per heavy atom. The van der Waals surface area contributed by atoms with E-state index in [0.29, 0.717) is 17.9 Å². The zero-order valence-electron chi connectivity index (χ0n) is 15.8. The van der Waals surface area contributed by atoms with Crippen LogP contribution in [0.1, 0.15) is 48.7 Å². The van der Waals surface area contributed by atoms with E-state index in [-0.39, 0.29) is 12.1 Å². The molecule has 2 rings (SSSR count). The Morgan fingerprint density at radius 3 is 2.46 bits per heavy atom. The Labute approximate surface area is 162 Å². The van der Waals surface area contributed by atoms with Gasteiger partial charge in [-0.05, 0) is 49.7 Å². The van der Waals surface area contributed by atoms with Crippen molar-refractivity contribution in [1.82, 2.24) is 5.32 Å². The van der Waals surface area contributed by atoms with E-state index in [4.69, 9.17) is 9.47 Å². The van der Waals surface area contributed by atoms with Crippen LogP contribution < -0.4 is 10.1 Å². The SMILES string of the molecule is CCCCOc1ccc(C(=O)NCC(=O)OC(C)c2ccc(F)cc2F)cc1. The number of hydrogen-bond acceptors (Lipinski definition) is 4. The summed E-state index contributed by atoms with van der Waals surface area (Å²) in [5.41, 5.74) is 0.424. The van der Waals surface area contributed by atoms with Crippen LogP contribution in [0.5, 0.6) is 5.75 Å². The Hall–Kier alpha value is -2.96. The van der Waals surface area contributed by atoms with Crippen LogP contribution in [-0.4, -0.2) is 25.0 Å². The molecular weight excluding hydrogens is 368 g/mol. The van der Waals surface area contributed by atoms with E-state index in [1.54, 1.807) is 24.3 Å². The smallest absolute Gasteiger partial charge is 0.326 e. The van der Waals surface area contributed by atoms with Crippen molar-refractivity contribution in [3.63, 3.8) is 0 Å². The number of hydrogen-bond donors (Lipinski definition) is 1. The van der Waals surface area contributed by atoms with Gasteiger partial charge >= 0.3 is 5.97 Å². The van der Waals surface area contributed by atoms with E-state index in [0.717, 1.165) is 25.0 Å². The molecule has 0 aliphatic heterocycles. The number of rotatable bonds is 9. The van der Waals surface area contributed by atoms with Gasteiger partial charge in [-0.3, -0.25) is 9.59 Å². The topological polar surface area (TPSA) is 64.6 Å². The Kier molecular flexibility index (Phi) is 7.92. The van der Waals surface area contributed by atoms with Crippen molar-refractivity contribution in [2.45, 2.75) is 32.8 Å². The summed E-state index contributed by atoms with van der Waals surface area (Å²) in [6, 6.07) is 9.57.